The monoisotopic (exact) mass is 371 g/mol. The van der Waals surface area contributed by atoms with Crippen molar-refractivity contribution in [3.63, 3.8) is 0 Å². The van der Waals surface area contributed by atoms with Gasteiger partial charge in [0, 0.05) is 31.4 Å². The largest absolute Gasteiger partial charge is 0.340 e. The van der Waals surface area contributed by atoms with Crippen LogP contribution in [-0.4, -0.2) is 47.4 Å². The minimum Gasteiger partial charge on any atom is -0.340 e. The summed E-state index contributed by atoms with van der Waals surface area (Å²) in [7, 11) is 0. The summed E-state index contributed by atoms with van der Waals surface area (Å²) in [4.78, 5) is 29.7. The third-order valence-corrected chi connectivity index (χ3v) is 5.97. The molecular formula is C22H33N3O2. The molecule has 1 aromatic rings. The van der Waals surface area contributed by atoms with Crippen LogP contribution in [0.3, 0.4) is 0 Å². The molecule has 0 aromatic heterocycles. The number of benzene rings is 1. The Morgan fingerprint density at radius 2 is 1.93 bits per heavy atom. The zero-order valence-corrected chi connectivity index (χ0v) is 16.7. The molecule has 1 aliphatic heterocycles. The van der Waals surface area contributed by atoms with Gasteiger partial charge < -0.3 is 15.1 Å². The van der Waals surface area contributed by atoms with Gasteiger partial charge in [0.25, 0.3) is 0 Å². The first-order valence-corrected chi connectivity index (χ1v) is 10.5. The molecule has 1 N–H and O–H groups in total. The van der Waals surface area contributed by atoms with Crippen molar-refractivity contribution in [1.29, 1.82) is 0 Å². The lowest BCUT2D eigenvalue weighted by Crippen LogP contribution is -2.50. The predicted octanol–water partition coefficient (Wildman–Crippen LogP) is 4.42. The average Bonchev–Trinajstić information content (AvgIpc) is 2.69. The van der Waals surface area contributed by atoms with Crippen LogP contribution in [0.5, 0.6) is 0 Å². The second-order valence-corrected chi connectivity index (χ2v) is 8.00. The van der Waals surface area contributed by atoms with E-state index < -0.39 is 0 Å². The van der Waals surface area contributed by atoms with E-state index in [1.165, 1.54) is 19.3 Å². The number of nitrogens with one attached hydrogen (secondary N) is 1. The zero-order chi connectivity index (χ0) is 19.2. The van der Waals surface area contributed by atoms with Crippen LogP contribution >= 0.6 is 0 Å². The molecule has 1 aliphatic carbocycles. The summed E-state index contributed by atoms with van der Waals surface area (Å²) in [5.74, 6) is 0.182. The number of carbonyl (C=O) groups excluding carboxylic acids is 2. The molecule has 1 saturated heterocycles. The van der Waals surface area contributed by atoms with Gasteiger partial charge in [-0.05, 0) is 57.2 Å². The highest BCUT2D eigenvalue weighted by atomic mass is 16.2. The maximum Gasteiger partial charge on any atom is 0.321 e. The van der Waals surface area contributed by atoms with E-state index in [0.29, 0.717) is 12.6 Å². The fourth-order valence-corrected chi connectivity index (χ4v) is 4.51. The summed E-state index contributed by atoms with van der Waals surface area (Å²) in [6.45, 7) is 6.11. The molecule has 2 aliphatic rings. The van der Waals surface area contributed by atoms with E-state index in [4.69, 9.17) is 0 Å². The highest BCUT2D eigenvalue weighted by Gasteiger charge is 2.33. The predicted molar refractivity (Wildman–Crippen MR) is 109 cm³/mol. The number of hydrogen-bond acceptors (Lipinski definition) is 2. The van der Waals surface area contributed by atoms with E-state index in [0.717, 1.165) is 50.0 Å². The molecule has 0 bridgehead atoms. The Balaban J connectivity index is 1.60. The Morgan fingerprint density at radius 1 is 1.15 bits per heavy atom. The number of nitrogens with zero attached hydrogens (tertiary/aromatic N) is 2. The van der Waals surface area contributed by atoms with Crippen molar-refractivity contribution in [3.05, 3.63) is 29.8 Å². The van der Waals surface area contributed by atoms with Gasteiger partial charge >= 0.3 is 6.03 Å². The molecule has 1 aromatic carbocycles. The Kier molecular flexibility index (Phi) is 6.75. The van der Waals surface area contributed by atoms with Crippen LogP contribution in [0.25, 0.3) is 0 Å². The van der Waals surface area contributed by atoms with E-state index in [1.807, 2.05) is 36.1 Å². The Labute approximate surface area is 163 Å². The number of rotatable bonds is 4. The second kappa shape index (κ2) is 9.25. The standard InChI is InChI=1S/C22H33N3O2/c1-3-25(20-12-5-4-6-13-20)21(26)18-10-8-14-24(16-18)22(27)23-19-11-7-9-17(2)15-19/h7,9,11,15,18,20H,3-6,8,10,12-14,16H2,1-2H3,(H,23,27). The number of likely N-dealkylation sites (tertiary alicyclic amines) is 1. The number of hydrogen-bond donors (Lipinski definition) is 1. The Bertz CT molecular complexity index is 655. The van der Waals surface area contributed by atoms with Crippen molar-refractivity contribution in [3.8, 4) is 0 Å². The smallest absolute Gasteiger partial charge is 0.321 e. The van der Waals surface area contributed by atoms with Crippen molar-refractivity contribution >= 4 is 17.6 Å². The summed E-state index contributed by atoms with van der Waals surface area (Å²) in [5.41, 5.74) is 1.93. The highest BCUT2D eigenvalue weighted by molar-refractivity contribution is 5.90. The van der Waals surface area contributed by atoms with E-state index in [-0.39, 0.29) is 17.9 Å². The summed E-state index contributed by atoms with van der Waals surface area (Å²) < 4.78 is 0. The van der Waals surface area contributed by atoms with Crippen LogP contribution in [0, 0.1) is 12.8 Å². The van der Waals surface area contributed by atoms with Gasteiger partial charge in [0.1, 0.15) is 0 Å². The van der Waals surface area contributed by atoms with E-state index >= 15 is 0 Å². The maximum atomic E-state index is 13.2. The quantitative estimate of drug-likeness (QED) is 0.852. The van der Waals surface area contributed by atoms with Crippen LogP contribution in [-0.2, 0) is 4.79 Å². The van der Waals surface area contributed by atoms with E-state index in [1.54, 1.807) is 0 Å². The zero-order valence-electron chi connectivity index (χ0n) is 16.7. The molecule has 1 heterocycles. The number of urea groups is 1. The molecule has 27 heavy (non-hydrogen) atoms. The molecule has 3 rings (SSSR count). The van der Waals surface area contributed by atoms with Gasteiger partial charge in [0.2, 0.25) is 5.91 Å². The fourth-order valence-electron chi connectivity index (χ4n) is 4.51. The van der Waals surface area contributed by atoms with Crippen LogP contribution in [0.4, 0.5) is 10.5 Å². The molecule has 0 spiro atoms. The third kappa shape index (κ3) is 5.02. The Morgan fingerprint density at radius 3 is 2.63 bits per heavy atom. The van der Waals surface area contributed by atoms with Gasteiger partial charge in [-0.15, -0.1) is 0 Å². The van der Waals surface area contributed by atoms with E-state index in [2.05, 4.69) is 17.1 Å². The molecule has 1 unspecified atom stereocenters. The number of carbonyl (C=O) groups is 2. The minimum absolute atomic E-state index is 0.0658. The normalized spacial score (nSPS) is 21.0. The first kappa shape index (κ1) is 19.7. The van der Waals surface area contributed by atoms with Gasteiger partial charge in [-0.1, -0.05) is 31.4 Å². The summed E-state index contributed by atoms with van der Waals surface area (Å²) in [6, 6.07) is 8.12. The lowest BCUT2D eigenvalue weighted by atomic mass is 9.91. The van der Waals surface area contributed by atoms with Crippen LogP contribution in [0.1, 0.15) is 57.4 Å². The SMILES string of the molecule is CCN(C(=O)C1CCCN(C(=O)Nc2cccc(C)c2)C1)C1CCCCC1. The van der Waals surface area contributed by atoms with Crippen LogP contribution in [0.2, 0.25) is 0 Å². The highest BCUT2D eigenvalue weighted by Crippen LogP contribution is 2.26. The fraction of sp³-hybridized carbons (Fsp3) is 0.636. The molecule has 148 valence electrons. The third-order valence-electron chi connectivity index (χ3n) is 5.97. The van der Waals surface area contributed by atoms with Crippen molar-refractivity contribution in [2.45, 2.75) is 64.8 Å². The number of amides is 3. The molecule has 1 atom stereocenters. The average molecular weight is 372 g/mol. The molecule has 5 nitrogen and oxygen atoms in total. The lowest BCUT2D eigenvalue weighted by molar-refractivity contribution is -0.139. The molecule has 2 fully saturated rings. The molecule has 1 saturated carbocycles. The van der Waals surface area contributed by atoms with Gasteiger partial charge in [-0.2, -0.15) is 0 Å². The Hall–Kier alpha value is -2.04. The summed E-state index contributed by atoms with van der Waals surface area (Å²) in [6.07, 6.45) is 7.77. The van der Waals surface area contributed by atoms with Crippen molar-refractivity contribution < 1.29 is 9.59 Å². The van der Waals surface area contributed by atoms with Gasteiger partial charge in [0.15, 0.2) is 0 Å². The van der Waals surface area contributed by atoms with Crippen molar-refractivity contribution in [2.75, 3.05) is 25.0 Å². The lowest BCUT2D eigenvalue weighted by Gasteiger charge is -2.39. The molecular weight excluding hydrogens is 338 g/mol. The van der Waals surface area contributed by atoms with Gasteiger partial charge in [0.05, 0.1) is 5.92 Å². The van der Waals surface area contributed by atoms with Crippen LogP contribution < -0.4 is 5.32 Å². The summed E-state index contributed by atoms with van der Waals surface area (Å²) >= 11 is 0. The number of anilines is 1. The second-order valence-electron chi connectivity index (χ2n) is 8.00. The number of aryl methyl sites for hydroxylation is 1. The topological polar surface area (TPSA) is 52.7 Å². The van der Waals surface area contributed by atoms with Crippen LogP contribution in [0.15, 0.2) is 24.3 Å². The van der Waals surface area contributed by atoms with E-state index in [9.17, 15) is 9.59 Å². The van der Waals surface area contributed by atoms with Crippen molar-refractivity contribution in [1.82, 2.24) is 9.80 Å². The maximum absolute atomic E-state index is 13.2. The first-order valence-electron chi connectivity index (χ1n) is 10.5. The van der Waals surface area contributed by atoms with Crippen molar-refractivity contribution in [2.24, 2.45) is 5.92 Å². The first-order chi connectivity index (χ1) is 13.1. The molecule has 5 heteroatoms. The van der Waals surface area contributed by atoms with Gasteiger partial charge in [-0.25, -0.2) is 4.79 Å². The molecule has 3 amide bonds. The number of piperidine rings is 1. The summed E-state index contributed by atoms with van der Waals surface area (Å²) in [5, 5.41) is 2.98. The van der Waals surface area contributed by atoms with Gasteiger partial charge in [-0.3, -0.25) is 4.79 Å². The minimum atomic E-state index is -0.0983. The molecule has 0 radical (unpaired) electrons.